The van der Waals surface area contributed by atoms with Crippen molar-refractivity contribution in [1.29, 1.82) is 0 Å². The van der Waals surface area contributed by atoms with Gasteiger partial charge in [0.05, 0.1) is 24.0 Å². The molecule has 1 unspecified atom stereocenters. The number of rotatable bonds is 3. The summed E-state index contributed by atoms with van der Waals surface area (Å²) in [4.78, 5) is 0. The van der Waals surface area contributed by atoms with Crippen molar-refractivity contribution in [2.75, 3.05) is 19.5 Å². The standard InChI is InChI=1S/C14H20ClNO4S/c1-14(2,21(3,17)18)13(16)9-7-11-12(8-10(9)15)20-6-4-5-19-11/h7-8,13H,4-6,16H2,1-3H3. The smallest absolute Gasteiger partial charge is 0.162 e. The normalized spacial score (nSPS) is 17.2. The molecule has 0 aromatic heterocycles. The van der Waals surface area contributed by atoms with Gasteiger partial charge in [-0.1, -0.05) is 11.6 Å². The lowest BCUT2D eigenvalue weighted by molar-refractivity contribution is 0.297. The van der Waals surface area contributed by atoms with Crippen LogP contribution in [0.1, 0.15) is 31.9 Å². The molecule has 2 N–H and O–H groups in total. The molecule has 5 nitrogen and oxygen atoms in total. The fraction of sp³-hybridized carbons (Fsp3) is 0.571. The van der Waals surface area contributed by atoms with Crippen LogP contribution in [0.2, 0.25) is 5.02 Å². The zero-order chi connectivity index (χ0) is 15.8. The van der Waals surface area contributed by atoms with Gasteiger partial charge in [0.1, 0.15) is 0 Å². The second-order valence-corrected chi connectivity index (χ2v) is 8.73. The molecule has 1 atom stereocenters. The molecular formula is C14H20ClNO4S. The number of halogens is 1. The van der Waals surface area contributed by atoms with Crippen LogP contribution in [0.25, 0.3) is 0 Å². The summed E-state index contributed by atoms with van der Waals surface area (Å²) in [5.74, 6) is 1.11. The number of fused-ring (bicyclic) bond motifs is 1. The van der Waals surface area contributed by atoms with E-state index in [9.17, 15) is 8.42 Å². The molecule has 1 aromatic rings. The first-order chi connectivity index (χ1) is 9.64. The molecule has 0 radical (unpaired) electrons. The maximum Gasteiger partial charge on any atom is 0.162 e. The van der Waals surface area contributed by atoms with Crippen molar-refractivity contribution in [3.8, 4) is 11.5 Å². The van der Waals surface area contributed by atoms with Gasteiger partial charge >= 0.3 is 0 Å². The van der Waals surface area contributed by atoms with E-state index in [-0.39, 0.29) is 0 Å². The van der Waals surface area contributed by atoms with E-state index in [1.165, 1.54) is 6.26 Å². The second-order valence-electron chi connectivity index (χ2n) is 5.72. The summed E-state index contributed by atoms with van der Waals surface area (Å²) in [6.07, 6.45) is 1.95. The Balaban J connectivity index is 2.47. The van der Waals surface area contributed by atoms with Crippen LogP contribution in [0.3, 0.4) is 0 Å². The van der Waals surface area contributed by atoms with Crippen molar-refractivity contribution >= 4 is 21.4 Å². The fourth-order valence-corrected chi connectivity index (χ4v) is 2.90. The zero-order valence-corrected chi connectivity index (χ0v) is 13.9. The number of hydrogen-bond donors (Lipinski definition) is 1. The average Bonchev–Trinajstić information content (AvgIpc) is 2.60. The van der Waals surface area contributed by atoms with Gasteiger partial charge in [0.15, 0.2) is 21.3 Å². The summed E-state index contributed by atoms with van der Waals surface area (Å²) >= 11 is 6.26. The molecular weight excluding hydrogens is 314 g/mol. The predicted molar refractivity (Wildman–Crippen MR) is 82.9 cm³/mol. The molecule has 0 amide bonds. The van der Waals surface area contributed by atoms with Crippen LogP contribution < -0.4 is 15.2 Å². The number of hydrogen-bond acceptors (Lipinski definition) is 5. The SMILES string of the molecule is CC(C)(C(N)c1cc2c(cc1Cl)OCCCO2)S(C)(=O)=O. The average molecular weight is 334 g/mol. The Morgan fingerprint density at radius 1 is 1.24 bits per heavy atom. The summed E-state index contributed by atoms with van der Waals surface area (Å²) in [6, 6.07) is 2.55. The quantitative estimate of drug-likeness (QED) is 0.918. The molecule has 1 aromatic carbocycles. The summed E-state index contributed by atoms with van der Waals surface area (Å²) < 4.78 is 33.9. The summed E-state index contributed by atoms with van der Waals surface area (Å²) in [5.41, 5.74) is 6.71. The third-order valence-electron chi connectivity index (χ3n) is 3.91. The van der Waals surface area contributed by atoms with Gasteiger partial charge in [-0.15, -0.1) is 0 Å². The highest BCUT2D eigenvalue weighted by atomic mass is 35.5. The van der Waals surface area contributed by atoms with Gasteiger partial charge < -0.3 is 15.2 Å². The molecule has 118 valence electrons. The lowest BCUT2D eigenvalue weighted by Crippen LogP contribution is -2.42. The van der Waals surface area contributed by atoms with Gasteiger partial charge in [0.25, 0.3) is 0 Å². The lowest BCUT2D eigenvalue weighted by Gasteiger charge is -2.30. The minimum atomic E-state index is -3.35. The monoisotopic (exact) mass is 333 g/mol. The van der Waals surface area contributed by atoms with E-state index in [1.807, 2.05) is 0 Å². The minimum Gasteiger partial charge on any atom is -0.490 e. The van der Waals surface area contributed by atoms with Gasteiger partial charge in [-0.3, -0.25) is 0 Å². The Kier molecular flexibility index (Phi) is 4.42. The largest absolute Gasteiger partial charge is 0.490 e. The molecule has 1 aliphatic rings. The topological polar surface area (TPSA) is 78.6 Å². The highest BCUT2D eigenvalue weighted by molar-refractivity contribution is 7.92. The first kappa shape index (κ1) is 16.4. The first-order valence-electron chi connectivity index (χ1n) is 6.69. The van der Waals surface area contributed by atoms with E-state index in [0.29, 0.717) is 35.3 Å². The van der Waals surface area contributed by atoms with Crippen LogP contribution >= 0.6 is 11.6 Å². The van der Waals surface area contributed by atoms with Gasteiger partial charge in [-0.05, 0) is 25.5 Å². The molecule has 1 aliphatic heterocycles. The van der Waals surface area contributed by atoms with Crippen molar-refractivity contribution in [1.82, 2.24) is 0 Å². The first-order valence-corrected chi connectivity index (χ1v) is 8.96. The van der Waals surface area contributed by atoms with Gasteiger partial charge in [0, 0.05) is 23.8 Å². The van der Waals surface area contributed by atoms with E-state index in [1.54, 1.807) is 26.0 Å². The number of benzene rings is 1. The Bertz CT molecular complexity index is 643. The number of sulfone groups is 1. The highest BCUT2D eigenvalue weighted by Crippen LogP contribution is 2.40. The summed E-state index contributed by atoms with van der Waals surface area (Å²) in [5, 5.41) is 0.378. The Morgan fingerprint density at radius 2 is 1.76 bits per heavy atom. The van der Waals surface area contributed by atoms with E-state index in [4.69, 9.17) is 26.8 Å². The maximum absolute atomic E-state index is 11.9. The summed E-state index contributed by atoms with van der Waals surface area (Å²) in [7, 11) is -3.35. The van der Waals surface area contributed by atoms with Crippen LogP contribution in [0, 0.1) is 0 Å². The molecule has 2 rings (SSSR count). The molecule has 7 heteroatoms. The molecule has 0 saturated heterocycles. The second kappa shape index (κ2) is 5.66. The van der Waals surface area contributed by atoms with Crippen molar-refractivity contribution < 1.29 is 17.9 Å². The van der Waals surface area contributed by atoms with E-state index in [0.717, 1.165) is 6.42 Å². The number of nitrogens with two attached hydrogens (primary N) is 1. The molecule has 0 saturated carbocycles. The van der Waals surface area contributed by atoms with E-state index in [2.05, 4.69) is 0 Å². The Morgan fingerprint density at radius 3 is 2.29 bits per heavy atom. The van der Waals surface area contributed by atoms with Crippen molar-refractivity contribution in [2.24, 2.45) is 5.73 Å². The molecule has 1 heterocycles. The van der Waals surface area contributed by atoms with Crippen molar-refractivity contribution in [2.45, 2.75) is 31.1 Å². The van der Waals surface area contributed by atoms with Crippen molar-refractivity contribution in [3.05, 3.63) is 22.7 Å². The Labute approximate surface area is 130 Å². The lowest BCUT2D eigenvalue weighted by atomic mass is 9.95. The fourth-order valence-electron chi connectivity index (χ4n) is 2.04. The summed E-state index contributed by atoms with van der Waals surface area (Å²) in [6.45, 7) is 4.28. The predicted octanol–water partition coefficient (Wildman–Crippen LogP) is 2.32. The van der Waals surface area contributed by atoms with Gasteiger partial charge in [-0.25, -0.2) is 8.42 Å². The van der Waals surface area contributed by atoms with Crippen LogP contribution in [0.5, 0.6) is 11.5 Å². The number of ether oxygens (including phenoxy) is 2. The van der Waals surface area contributed by atoms with E-state index >= 15 is 0 Å². The highest BCUT2D eigenvalue weighted by Gasteiger charge is 2.39. The van der Waals surface area contributed by atoms with Gasteiger partial charge in [-0.2, -0.15) is 0 Å². The minimum absolute atomic E-state index is 0.378. The molecule has 0 fully saturated rings. The van der Waals surface area contributed by atoms with Gasteiger partial charge in [0.2, 0.25) is 0 Å². The molecule has 21 heavy (non-hydrogen) atoms. The molecule has 0 bridgehead atoms. The third-order valence-corrected chi connectivity index (χ3v) is 6.40. The van der Waals surface area contributed by atoms with Crippen LogP contribution in [-0.4, -0.2) is 32.6 Å². The van der Waals surface area contributed by atoms with Crippen LogP contribution in [-0.2, 0) is 9.84 Å². The van der Waals surface area contributed by atoms with E-state index < -0.39 is 20.6 Å². The van der Waals surface area contributed by atoms with Crippen LogP contribution in [0.15, 0.2) is 12.1 Å². The molecule has 0 aliphatic carbocycles. The molecule has 0 spiro atoms. The van der Waals surface area contributed by atoms with Crippen LogP contribution in [0.4, 0.5) is 0 Å². The zero-order valence-electron chi connectivity index (χ0n) is 12.3. The Hall–Kier alpha value is -0.980. The maximum atomic E-state index is 11.9. The third kappa shape index (κ3) is 3.12. The van der Waals surface area contributed by atoms with Crippen molar-refractivity contribution in [3.63, 3.8) is 0 Å².